The summed E-state index contributed by atoms with van der Waals surface area (Å²) in [4.78, 5) is -0.0832. The molecule has 0 aliphatic heterocycles. The Morgan fingerprint density at radius 2 is 1.42 bits per heavy atom. The molecule has 3 rings (SSSR count). The highest BCUT2D eigenvalue weighted by Crippen LogP contribution is 2.52. The van der Waals surface area contributed by atoms with Crippen LogP contribution in [-0.4, -0.2) is 34.4 Å². The van der Waals surface area contributed by atoms with Gasteiger partial charge < -0.3 is 4.74 Å². The Labute approximate surface area is 212 Å². The standard InChI is InChI=1S/C24H20BrF6NO3S/c1-35-22(23(26,27)28,24(29,30)31)18-10-12-20(13-11-18)32(15-14-17-6-5-7-19(25)16-17)36(33,34)21-8-3-2-4-9-21/h2-13,16H,14-15H2,1H3. The molecule has 0 heterocycles. The smallest absolute Gasteiger partial charge is 0.357 e. The highest BCUT2D eigenvalue weighted by molar-refractivity contribution is 9.10. The summed E-state index contributed by atoms with van der Waals surface area (Å²) < 4.78 is 114. The van der Waals surface area contributed by atoms with Gasteiger partial charge in [0.25, 0.3) is 15.6 Å². The monoisotopic (exact) mass is 595 g/mol. The molecular formula is C24H20BrF6NO3S. The average Bonchev–Trinajstić information content (AvgIpc) is 2.79. The van der Waals surface area contributed by atoms with E-state index in [-0.39, 0.29) is 23.5 Å². The van der Waals surface area contributed by atoms with Gasteiger partial charge in [-0.3, -0.25) is 4.31 Å². The number of alkyl halides is 6. The maximum Gasteiger partial charge on any atom is 0.430 e. The number of sulfonamides is 1. The summed E-state index contributed by atoms with van der Waals surface area (Å²) in [5, 5.41) is 0. The molecule has 0 fully saturated rings. The van der Waals surface area contributed by atoms with Crippen molar-refractivity contribution in [2.45, 2.75) is 29.3 Å². The Bertz CT molecular complexity index is 1270. The van der Waals surface area contributed by atoms with E-state index in [1.165, 1.54) is 24.3 Å². The third-order valence-electron chi connectivity index (χ3n) is 5.49. The van der Waals surface area contributed by atoms with E-state index in [1.807, 2.05) is 0 Å². The fourth-order valence-electron chi connectivity index (χ4n) is 3.73. The Morgan fingerprint density at radius 1 is 0.833 bits per heavy atom. The zero-order valence-electron chi connectivity index (χ0n) is 18.6. The SMILES string of the molecule is COC(c1ccc(N(CCc2cccc(Br)c2)S(=O)(=O)c2ccccc2)cc1)(C(F)(F)F)C(F)(F)F. The second-order valence-electron chi connectivity index (χ2n) is 7.70. The molecule has 0 saturated heterocycles. The van der Waals surface area contributed by atoms with Crippen LogP contribution in [0.5, 0.6) is 0 Å². The Morgan fingerprint density at radius 3 is 1.92 bits per heavy atom. The zero-order chi connectivity index (χ0) is 26.8. The van der Waals surface area contributed by atoms with E-state index in [9.17, 15) is 34.8 Å². The Hall–Kier alpha value is -2.57. The Kier molecular flexibility index (Phi) is 8.11. The molecule has 0 aliphatic carbocycles. The van der Waals surface area contributed by atoms with E-state index in [0.717, 1.165) is 26.5 Å². The number of anilines is 1. The molecule has 0 aromatic heterocycles. The molecule has 4 nitrogen and oxygen atoms in total. The second kappa shape index (κ2) is 10.4. The molecule has 0 unspecified atom stereocenters. The van der Waals surface area contributed by atoms with Crippen molar-refractivity contribution in [3.05, 3.63) is 94.5 Å². The molecule has 194 valence electrons. The summed E-state index contributed by atoms with van der Waals surface area (Å²) in [6.07, 6.45) is -11.4. The lowest BCUT2D eigenvalue weighted by atomic mass is 9.91. The van der Waals surface area contributed by atoms with Crippen LogP contribution >= 0.6 is 15.9 Å². The lowest BCUT2D eigenvalue weighted by Gasteiger charge is -2.36. The van der Waals surface area contributed by atoms with Crippen molar-refractivity contribution in [2.24, 2.45) is 0 Å². The van der Waals surface area contributed by atoms with Gasteiger partial charge in [0.15, 0.2) is 0 Å². The van der Waals surface area contributed by atoms with Crippen LogP contribution in [0.1, 0.15) is 11.1 Å². The van der Waals surface area contributed by atoms with Gasteiger partial charge in [-0.2, -0.15) is 26.3 Å². The number of nitrogens with zero attached hydrogens (tertiary/aromatic N) is 1. The summed E-state index contributed by atoms with van der Waals surface area (Å²) in [5.41, 5.74) is -5.13. The second-order valence-corrected chi connectivity index (χ2v) is 10.5. The fourth-order valence-corrected chi connectivity index (χ4v) is 5.66. The van der Waals surface area contributed by atoms with Crippen LogP contribution in [0.25, 0.3) is 0 Å². The fraction of sp³-hybridized carbons (Fsp3) is 0.250. The average molecular weight is 596 g/mol. The molecule has 0 radical (unpaired) electrons. The van der Waals surface area contributed by atoms with Crippen molar-refractivity contribution in [3.8, 4) is 0 Å². The van der Waals surface area contributed by atoms with Crippen LogP contribution in [0.4, 0.5) is 32.0 Å². The van der Waals surface area contributed by atoms with Crippen molar-refractivity contribution in [3.63, 3.8) is 0 Å². The lowest BCUT2D eigenvalue weighted by molar-refractivity contribution is -0.383. The molecule has 0 atom stereocenters. The number of rotatable bonds is 8. The minimum atomic E-state index is -5.82. The van der Waals surface area contributed by atoms with E-state index in [1.54, 1.807) is 30.3 Å². The number of halogens is 7. The first-order valence-corrected chi connectivity index (χ1v) is 12.6. The number of benzene rings is 3. The predicted molar refractivity (Wildman–Crippen MR) is 126 cm³/mol. The van der Waals surface area contributed by atoms with Crippen molar-refractivity contribution in [2.75, 3.05) is 18.0 Å². The van der Waals surface area contributed by atoms with Crippen LogP contribution in [0.15, 0.2) is 88.2 Å². The molecule has 0 bridgehead atoms. The van der Waals surface area contributed by atoms with Gasteiger partial charge >= 0.3 is 12.4 Å². The van der Waals surface area contributed by atoms with Crippen LogP contribution in [0.3, 0.4) is 0 Å². The molecule has 0 spiro atoms. The topological polar surface area (TPSA) is 46.6 Å². The minimum absolute atomic E-state index is 0.0832. The molecular weight excluding hydrogens is 576 g/mol. The van der Waals surface area contributed by atoms with E-state index in [0.29, 0.717) is 19.2 Å². The summed E-state index contributed by atoms with van der Waals surface area (Å²) in [7, 11) is -3.88. The number of hydrogen-bond acceptors (Lipinski definition) is 3. The molecule has 3 aromatic carbocycles. The number of methoxy groups -OCH3 is 1. The predicted octanol–water partition coefficient (Wildman–Crippen LogP) is 6.85. The van der Waals surface area contributed by atoms with Gasteiger partial charge in [-0.05, 0) is 48.4 Å². The largest absolute Gasteiger partial charge is 0.430 e. The normalized spacial score (nSPS) is 13.0. The quantitative estimate of drug-likeness (QED) is 0.267. The van der Waals surface area contributed by atoms with E-state index >= 15 is 0 Å². The molecule has 3 aromatic rings. The third-order valence-corrected chi connectivity index (χ3v) is 7.83. The van der Waals surface area contributed by atoms with Crippen LogP contribution in [-0.2, 0) is 26.8 Å². The van der Waals surface area contributed by atoms with E-state index < -0.39 is 33.5 Å². The van der Waals surface area contributed by atoms with Gasteiger partial charge in [-0.1, -0.05) is 58.4 Å². The van der Waals surface area contributed by atoms with Crippen molar-refractivity contribution in [1.82, 2.24) is 0 Å². The summed E-state index contributed by atoms with van der Waals surface area (Å²) in [5.74, 6) is 0. The maximum atomic E-state index is 13.6. The first kappa shape index (κ1) is 28.0. The van der Waals surface area contributed by atoms with Gasteiger partial charge in [-0.25, -0.2) is 8.42 Å². The summed E-state index contributed by atoms with van der Waals surface area (Å²) >= 11 is 3.33. The number of hydrogen-bond donors (Lipinski definition) is 0. The minimum Gasteiger partial charge on any atom is -0.357 e. The molecule has 0 N–H and O–H groups in total. The highest BCUT2D eigenvalue weighted by Gasteiger charge is 2.73. The summed E-state index contributed by atoms with van der Waals surface area (Å²) in [6, 6.07) is 17.3. The van der Waals surface area contributed by atoms with Gasteiger partial charge in [0.1, 0.15) is 0 Å². The Balaban J connectivity index is 2.07. The van der Waals surface area contributed by atoms with Crippen molar-refractivity contribution < 1.29 is 39.5 Å². The summed E-state index contributed by atoms with van der Waals surface area (Å²) in [6.45, 7) is -0.124. The molecule has 12 heteroatoms. The maximum absolute atomic E-state index is 13.6. The van der Waals surface area contributed by atoms with Gasteiger partial charge in [-0.15, -0.1) is 0 Å². The van der Waals surface area contributed by atoms with Crippen LogP contribution < -0.4 is 4.31 Å². The first-order chi connectivity index (χ1) is 16.7. The molecule has 36 heavy (non-hydrogen) atoms. The van der Waals surface area contributed by atoms with E-state index in [4.69, 9.17) is 0 Å². The van der Waals surface area contributed by atoms with Gasteiger partial charge in [0, 0.05) is 23.7 Å². The highest BCUT2D eigenvalue weighted by atomic mass is 79.9. The van der Waals surface area contributed by atoms with Crippen molar-refractivity contribution >= 4 is 31.6 Å². The lowest BCUT2D eigenvalue weighted by Crippen LogP contribution is -2.55. The van der Waals surface area contributed by atoms with E-state index in [2.05, 4.69) is 20.7 Å². The van der Waals surface area contributed by atoms with Crippen LogP contribution in [0.2, 0.25) is 0 Å². The molecule has 0 saturated carbocycles. The van der Waals surface area contributed by atoms with Crippen LogP contribution in [0, 0.1) is 0 Å². The molecule has 0 aliphatic rings. The van der Waals surface area contributed by atoms with Gasteiger partial charge in [0.2, 0.25) is 0 Å². The zero-order valence-corrected chi connectivity index (χ0v) is 21.0. The molecule has 0 amide bonds. The van der Waals surface area contributed by atoms with Gasteiger partial charge in [0.05, 0.1) is 10.6 Å². The third kappa shape index (κ3) is 5.40. The first-order valence-electron chi connectivity index (χ1n) is 10.4. The number of ether oxygens (including phenoxy) is 1. The van der Waals surface area contributed by atoms with Crippen molar-refractivity contribution in [1.29, 1.82) is 0 Å².